The number of amides is 1. The number of nitrogens with zero attached hydrogens (tertiary/aromatic N) is 1. The number of hydrogen-bond acceptors (Lipinski definition) is 4. The Kier molecular flexibility index (Phi) is 5.73. The van der Waals surface area contributed by atoms with E-state index in [1.54, 1.807) is 14.2 Å². The minimum Gasteiger partial charge on any atom is -0.355 e. The SMILES string of the molecule is COC(CNC(C)C(=O)N1CCCC1)OC. The van der Waals surface area contributed by atoms with E-state index in [0.717, 1.165) is 25.9 Å². The van der Waals surface area contributed by atoms with Crippen molar-refractivity contribution in [2.75, 3.05) is 33.9 Å². The van der Waals surface area contributed by atoms with Gasteiger partial charge in [-0.15, -0.1) is 0 Å². The molecule has 1 unspecified atom stereocenters. The van der Waals surface area contributed by atoms with E-state index in [1.807, 2.05) is 11.8 Å². The van der Waals surface area contributed by atoms with Crippen molar-refractivity contribution in [1.82, 2.24) is 10.2 Å². The maximum Gasteiger partial charge on any atom is 0.239 e. The van der Waals surface area contributed by atoms with Crippen molar-refractivity contribution in [3.8, 4) is 0 Å². The molecule has 16 heavy (non-hydrogen) atoms. The minimum absolute atomic E-state index is 0.170. The third kappa shape index (κ3) is 3.73. The lowest BCUT2D eigenvalue weighted by Gasteiger charge is -2.22. The van der Waals surface area contributed by atoms with E-state index in [2.05, 4.69) is 5.32 Å². The minimum atomic E-state index is -0.297. The normalized spacial score (nSPS) is 18.1. The summed E-state index contributed by atoms with van der Waals surface area (Å²) in [6.45, 7) is 4.18. The molecule has 0 aromatic heterocycles. The van der Waals surface area contributed by atoms with Gasteiger partial charge in [0.25, 0.3) is 0 Å². The highest BCUT2D eigenvalue weighted by Crippen LogP contribution is 2.08. The molecule has 0 aromatic rings. The van der Waals surface area contributed by atoms with Gasteiger partial charge in [0.2, 0.25) is 5.91 Å². The van der Waals surface area contributed by atoms with Crippen LogP contribution in [0.1, 0.15) is 19.8 Å². The second kappa shape index (κ2) is 6.83. The van der Waals surface area contributed by atoms with Crippen LogP contribution in [0.25, 0.3) is 0 Å². The van der Waals surface area contributed by atoms with Gasteiger partial charge in [-0.3, -0.25) is 4.79 Å². The molecule has 1 rings (SSSR count). The molecule has 5 nitrogen and oxygen atoms in total. The van der Waals surface area contributed by atoms with Crippen LogP contribution in [-0.4, -0.2) is 57.0 Å². The lowest BCUT2D eigenvalue weighted by Crippen LogP contribution is -2.46. The van der Waals surface area contributed by atoms with Crippen LogP contribution >= 0.6 is 0 Å². The highest BCUT2D eigenvalue weighted by Gasteiger charge is 2.23. The molecular weight excluding hydrogens is 208 g/mol. The summed E-state index contributed by atoms with van der Waals surface area (Å²) in [6.07, 6.45) is 1.95. The lowest BCUT2D eigenvalue weighted by atomic mass is 10.3. The average molecular weight is 230 g/mol. The van der Waals surface area contributed by atoms with E-state index < -0.39 is 0 Å². The van der Waals surface area contributed by atoms with Gasteiger partial charge in [-0.2, -0.15) is 0 Å². The molecule has 94 valence electrons. The highest BCUT2D eigenvalue weighted by atomic mass is 16.7. The Bertz CT molecular complexity index is 213. The first-order valence-electron chi connectivity index (χ1n) is 5.76. The number of nitrogens with one attached hydrogen (secondary N) is 1. The molecule has 1 amide bonds. The van der Waals surface area contributed by atoms with Crippen molar-refractivity contribution in [3.05, 3.63) is 0 Å². The van der Waals surface area contributed by atoms with Crippen molar-refractivity contribution < 1.29 is 14.3 Å². The Balaban J connectivity index is 2.27. The fourth-order valence-corrected chi connectivity index (χ4v) is 1.83. The lowest BCUT2D eigenvalue weighted by molar-refractivity contribution is -0.133. The van der Waals surface area contributed by atoms with Crippen LogP contribution in [0.3, 0.4) is 0 Å². The summed E-state index contributed by atoms with van der Waals surface area (Å²) in [7, 11) is 3.17. The van der Waals surface area contributed by atoms with Crippen molar-refractivity contribution >= 4 is 5.91 Å². The molecule has 0 saturated carbocycles. The number of ether oxygens (including phenoxy) is 2. The maximum absolute atomic E-state index is 11.9. The molecular formula is C11H22N2O3. The van der Waals surface area contributed by atoms with E-state index in [4.69, 9.17) is 9.47 Å². The average Bonchev–Trinajstić information content (AvgIpc) is 2.82. The molecule has 1 aliphatic rings. The van der Waals surface area contributed by atoms with E-state index in [1.165, 1.54) is 0 Å². The van der Waals surface area contributed by atoms with Gasteiger partial charge >= 0.3 is 0 Å². The zero-order chi connectivity index (χ0) is 12.0. The summed E-state index contributed by atoms with van der Waals surface area (Å²) in [5.74, 6) is 0.170. The number of rotatable bonds is 6. The second-order valence-electron chi connectivity index (χ2n) is 4.06. The van der Waals surface area contributed by atoms with Gasteiger partial charge in [-0.05, 0) is 19.8 Å². The third-order valence-corrected chi connectivity index (χ3v) is 2.90. The van der Waals surface area contributed by atoms with E-state index >= 15 is 0 Å². The summed E-state index contributed by atoms with van der Waals surface area (Å²) in [5.41, 5.74) is 0. The van der Waals surface area contributed by atoms with Gasteiger partial charge in [0, 0.05) is 33.9 Å². The van der Waals surface area contributed by atoms with Gasteiger partial charge < -0.3 is 19.7 Å². The molecule has 0 spiro atoms. The molecule has 1 heterocycles. The molecule has 0 aromatic carbocycles. The fraction of sp³-hybridized carbons (Fsp3) is 0.909. The molecule has 0 aliphatic carbocycles. The fourth-order valence-electron chi connectivity index (χ4n) is 1.83. The van der Waals surface area contributed by atoms with Gasteiger partial charge in [0.1, 0.15) is 0 Å². The molecule has 5 heteroatoms. The van der Waals surface area contributed by atoms with E-state index in [-0.39, 0.29) is 18.2 Å². The van der Waals surface area contributed by atoms with Crippen LogP contribution < -0.4 is 5.32 Å². The van der Waals surface area contributed by atoms with Crippen molar-refractivity contribution in [2.45, 2.75) is 32.1 Å². The van der Waals surface area contributed by atoms with Gasteiger partial charge in [0.15, 0.2) is 6.29 Å². The Morgan fingerprint density at radius 1 is 1.31 bits per heavy atom. The monoisotopic (exact) mass is 230 g/mol. The predicted octanol–water partition coefficient (Wildman–Crippen LogP) is 0.206. The Labute approximate surface area is 97.1 Å². The molecule has 1 aliphatic heterocycles. The first-order chi connectivity index (χ1) is 7.69. The molecule has 1 N–H and O–H groups in total. The van der Waals surface area contributed by atoms with Crippen LogP contribution in [0, 0.1) is 0 Å². The molecule has 1 saturated heterocycles. The van der Waals surface area contributed by atoms with E-state index in [0.29, 0.717) is 6.54 Å². The summed E-state index contributed by atoms with van der Waals surface area (Å²) in [4.78, 5) is 13.8. The first-order valence-corrected chi connectivity index (χ1v) is 5.76. The zero-order valence-electron chi connectivity index (χ0n) is 10.4. The van der Waals surface area contributed by atoms with Gasteiger partial charge in [-0.1, -0.05) is 0 Å². The maximum atomic E-state index is 11.9. The molecule has 1 fully saturated rings. The molecule has 0 radical (unpaired) electrons. The van der Waals surface area contributed by atoms with Crippen LogP contribution in [0.2, 0.25) is 0 Å². The molecule has 0 bridgehead atoms. The number of hydrogen-bond donors (Lipinski definition) is 1. The largest absolute Gasteiger partial charge is 0.355 e. The van der Waals surface area contributed by atoms with Gasteiger partial charge in [0.05, 0.1) is 6.04 Å². The highest BCUT2D eigenvalue weighted by molar-refractivity contribution is 5.81. The summed E-state index contributed by atoms with van der Waals surface area (Å²) in [5, 5.41) is 3.12. The smallest absolute Gasteiger partial charge is 0.239 e. The zero-order valence-corrected chi connectivity index (χ0v) is 10.4. The standard InChI is InChI=1S/C11H22N2O3/c1-9(12-8-10(15-2)16-3)11(14)13-6-4-5-7-13/h9-10,12H,4-8H2,1-3H3. The summed E-state index contributed by atoms with van der Waals surface area (Å²) >= 11 is 0. The number of methoxy groups -OCH3 is 2. The Morgan fingerprint density at radius 3 is 2.38 bits per heavy atom. The van der Waals surface area contributed by atoms with Crippen molar-refractivity contribution in [3.63, 3.8) is 0 Å². The van der Waals surface area contributed by atoms with Crippen LogP contribution in [0.4, 0.5) is 0 Å². The second-order valence-corrected chi connectivity index (χ2v) is 4.06. The third-order valence-electron chi connectivity index (χ3n) is 2.90. The number of carbonyl (C=O) groups excluding carboxylic acids is 1. The van der Waals surface area contributed by atoms with Crippen molar-refractivity contribution in [1.29, 1.82) is 0 Å². The predicted molar refractivity (Wildman–Crippen MR) is 61.1 cm³/mol. The van der Waals surface area contributed by atoms with Crippen LogP contribution in [-0.2, 0) is 14.3 Å². The quantitative estimate of drug-likeness (QED) is 0.663. The van der Waals surface area contributed by atoms with Crippen LogP contribution in [0.15, 0.2) is 0 Å². The molecule has 1 atom stereocenters. The van der Waals surface area contributed by atoms with Gasteiger partial charge in [-0.25, -0.2) is 0 Å². The summed E-state index contributed by atoms with van der Waals surface area (Å²) in [6, 6.07) is -0.175. The first kappa shape index (κ1) is 13.4. The Hall–Kier alpha value is -0.650. The van der Waals surface area contributed by atoms with E-state index in [9.17, 15) is 4.79 Å². The van der Waals surface area contributed by atoms with Crippen LogP contribution in [0.5, 0.6) is 0 Å². The number of carbonyl (C=O) groups is 1. The topological polar surface area (TPSA) is 50.8 Å². The number of likely N-dealkylation sites (tertiary alicyclic amines) is 1. The summed E-state index contributed by atoms with van der Waals surface area (Å²) < 4.78 is 10.1. The Morgan fingerprint density at radius 2 is 1.88 bits per heavy atom. The van der Waals surface area contributed by atoms with Crippen molar-refractivity contribution in [2.24, 2.45) is 0 Å².